The van der Waals surface area contributed by atoms with Gasteiger partial charge in [0.05, 0.1) is 23.8 Å². The number of rotatable bonds is 4. The molecular formula is C19H11ClF3N3O4. The maximum absolute atomic E-state index is 12.6. The highest BCUT2D eigenvalue weighted by molar-refractivity contribution is 6.32. The zero-order chi connectivity index (χ0) is 21.5. The quantitative estimate of drug-likeness (QED) is 0.449. The number of ether oxygens (including phenoxy) is 1. The lowest BCUT2D eigenvalue weighted by Crippen LogP contribution is -2.21. The Kier molecular flexibility index (Phi) is 4.94. The van der Waals surface area contributed by atoms with E-state index in [4.69, 9.17) is 16.0 Å². The molecule has 3 heterocycles. The van der Waals surface area contributed by atoms with Crippen LogP contribution in [0.4, 0.5) is 13.2 Å². The highest BCUT2D eigenvalue weighted by Gasteiger charge is 2.30. The zero-order valence-electron chi connectivity index (χ0n) is 14.9. The molecule has 0 saturated heterocycles. The van der Waals surface area contributed by atoms with Gasteiger partial charge in [-0.25, -0.2) is 9.78 Å². The highest BCUT2D eigenvalue weighted by Crippen LogP contribution is 2.29. The van der Waals surface area contributed by atoms with Crippen LogP contribution in [0.5, 0.6) is 0 Å². The molecule has 0 fully saturated rings. The fourth-order valence-corrected chi connectivity index (χ4v) is 3.14. The largest absolute Gasteiger partial charge is 0.458 e. The fourth-order valence-electron chi connectivity index (χ4n) is 2.91. The van der Waals surface area contributed by atoms with Gasteiger partial charge in [-0.3, -0.25) is 14.3 Å². The number of nitrogens with zero attached hydrogens (tertiary/aromatic N) is 3. The molecule has 11 heteroatoms. The van der Waals surface area contributed by atoms with Crippen LogP contribution in [0.2, 0.25) is 5.02 Å². The van der Waals surface area contributed by atoms with Gasteiger partial charge in [0.15, 0.2) is 6.61 Å². The van der Waals surface area contributed by atoms with Crippen LogP contribution in [-0.2, 0) is 11.3 Å². The van der Waals surface area contributed by atoms with Crippen LogP contribution < -0.4 is 5.56 Å². The number of furan rings is 1. The maximum Gasteiger partial charge on any atom is 0.422 e. The topological polar surface area (TPSA) is 87.2 Å². The van der Waals surface area contributed by atoms with Gasteiger partial charge < -0.3 is 9.15 Å². The molecule has 0 saturated carbocycles. The number of halogens is 4. The van der Waals surface area contributed by atoms with E-state index in [-0.39, 0.29) is 34.0 Å². The number of pyridine rings is 1. The summed E-state index contributed by atoms with van der Waals surface area (Å²) < 4.78 is 48.3. The number of carbonyl (C=O) groups is 1. The molecule has 3 aromatic heterocycles. The molecule has 30 heavy (non-hydrogen) atoms. The molecule has 0 N–H and O–H groups in total. The van der Waals surface area contributed by atoms with E-state index in [2.05, 4.69) is 14.7 Å². The van der Waals surface area contributed by atoms with E-state index < -0.39 is 18.8 Å². The van der Waals surface area contributed by atoms with Crippen molar-refractivity contribution in [2.24, 2.45) is 0 Å². The van der Waals surface area contributed by atoms with Crippen LogP contribution in [-0.4, -0.2) is 33.3 Å². The Morgan fingerprint density at radius 1 is 1.27 bits per heavy atom. The van der Waals surface area contributed by atoms with E-state index in [1.54, 1.807) is 6.07 Å². The number of aromatic nitrogens is 3. The van der Waals surface area contributed by atoms with Gasteiger partial charge in [-0.2, -0.15) is 13.2 Å². The molecule has 0 bridgehead atoms. The number of alkyl halides is 3. The summed E-state index contributed by atoms with van der Waals surface area (Å²) in [4.78, 5) is 32.8. The van der Waals surface area contributed by atoms with Gasteiger partial charge in [-0.1, -0.05) is 11.6 Å². The second kappa shape index (κ2) is 7.45. The van der Waals surface area contributed by atoms with Crippen molar-refractivity contribution in [3.63, 3.8) is 0 Å². The minimum Gasteiger partial charge on any atom is -0.458 e. The van der Waals surface area contributed by atoms with Crippen LogP contribution in [0.3, 0.4) is 0 Å². The Morgan fingerprint density at radius 3 is 2.83 bits per heavy atom. The third-order valence-corrected chi connectivity index (χ3v) is 4.39. The first-order valence-corrected chi connectivity index (χ1v) is 8.84. The average molecular weight is 438 g/mol. The number of esters is 1. The standard InChI is InChI=1S/C19H11ClF3N3O4/c20-11-3-10-4-12(7-26-9-25-15-1-2-24-6-14(15)17(26)27)30-16(10)13(5-11)18(28)29-8-19(21,22)23/h1-6,9H,7-8H2. The molecule has 0 radical (unpaired) electrons. The fraction of sp³-hybridized carbons (Fsp3) is 0.158. The lowest BCUT2D eigenvalue weighted by molar-refractivity contribution is -0.161. The van der Waals surface area contributed by atoms with Crippen molar-refractivity contribution < 1.29 is 27.1 Å². The second-order valence-electron chi connectivity index (χ2n) is 6.35. The molecule has 0 aliphatic rings. The highest BCUT2D eigenvalue weighted by atomic mass is 35.5. The third kappa shape index (κ3) is 3.99. The van der Waals surface area contributed by atoms with Crippen LogP contribution in [0, 0.1) is 0 Å². The van der Waals surface area contributed by atoms with E-state index in [1.165, 1.54) is 35.4 Å². The lowest BCUT2D eigenvalue weighted by atomic mass is 10.1. The van der Waals surface area contributed by atoms with Gasteiger partial charge in [0.25, 0.3) is 5.56 Å². The van der Waals surface area contributed by atoms with Crippen molar-refractivity contribution in [2.45, 2.75) is 12.7 Å². The van der Waals surface area contributed by atoms with Gasteiger partial charge in [-0.15, -0.1) is 0 Å². The summed E-state index contributed by atoms with van der Waals surface area (Å²) in [5.41, 5.74) is -0.111. The molecule has 7 nitrogen and oxygen atoms in total. The van der Waals surface area contributed by atoms with Gasteiger partial charge in [0, 0.05) is 22.8 Å². The zero-order valence-corrected chi connectivity index (χ0v) is 15.7. The van der Waals surface area contributed by atoms with Crippen molar-refractivity contribution in [1.29, 1.82) is 0 Å². The number of carbonyl (C=O) groups excluding carboxylic acids is 1. The monoisotopic (exact) mass is 437 g/mol. The van der Waals surface area contributed by atoms with Gasteiger partial charge in [0.1, 0.15) is 16.9 Å². The minimum absolute atomic E-state index is 0.00467. The predicted molar refractivity (Wildman–Crippen MR) is 100 cm³/mol. The molecule has 0 spiro atoms. The van der Waals surface area contributed by atoms with Gasteiger partial charge in [0.2, 0.25) is 0 Å². The summed E-state index contributed by atoms with van der Waals surface area (Å²) in [6.07, 6.45) is -0.417. The molecule has 1 aromatic carbocycles. The second-order valence-corrected chi connectivity index (χ2v) is 6.78. The molecule has 0 amide bonds. The number of benzene rings is 1. The summed E-state index contributed by atoms with van der Waals surface area (Å²) in [5.74, 6) is -0.958. The minimum atomic E-state index is -4.67. The van der Waals surface area contributed by atoms with Gasteiger partial charge in [-0.05, 0) is 24.3 Å². The van der Waals surface area contributed by atoms with Crippen LogP contribution in [0.25, 0.3) is 21.9 Å². The molecule has 0 unspecified atom stereocenters. The Morgan fingerprint density at radius 2 is 2.07 bits per heavy atom. The molecule has 4 rings (SSSR count). The van der Waals surface area contributed by atoms with E-state index in [9.17, 15) is 22.8 Å². The molecule has 0 atom stereocenters. The van der Waals surface area contributed by atoms with Crippen molar-refractivity contribution in [3.05, 3.63) is 69.7 Å². The average Bonchev–Trinajstić information content (AvgIpc) is 3.09. The Balaban J connectivity index is 1.69. The summed E-state index contributed by atoms with van der Waals surface area (Å²) in [5, 5.41) is 0.805. The Bertz CT molecular complexity index is 1330. The normalized spacial score (nSPS) is 11.9. The van der Waals surface area contributed by atoms with Crippen molar-refractivity contribution >= 4 is 39.4 Å². The number of fused-ring (bicyclic) bond motifs is 2. The summed E-state index contributed by atoms with van der Waals surface area (Å²) in [6.45, 7) is -1.76. The van der Waals surface area contributed by atoms with Crippen molar-refractivity contribution in [3.8, 4) is 0 Å². The lowest BCUT2D eigenvalue weighted by Gasteiger charge is -2.08. The van der Waals surface area contributed by atoms with Crippen molar-refractivity contribution in [2.75, 3.05) is 6.61 Å². The van der Waals surface area contributed by atoms with E-state index >= 15 is 0 Å². The molecular weight excluding hydrogens is 427 g/mol. The molecule has 154 valence electrons. The third-order valence-electron chi connectivity index (χ3n) is 4.17. The van der Waals surface area contributed by atoms with Crippen LogP contribution in [0.1, 0.15) is 16.1 Å². The molecule has 4 aromatic rings. The summed E-state index contributed by atoms with van der Waals surface area (Å²) >= 11 is 5.97. The van der Waals surface area contributed by atoms with Crippen molar-refractivity contribution in [1.82, 2.24) is 14.5 Å². The maximum atomic E-state index is 12.6. The van der Waals surface area contributed by atoms with E-state index in [1.807, 2.05) is 0 Å². The predicted octanol–water partition coefficient (Wildman–Crippen LogP) is 3.96. The van der Waals surface area contributed by atoms with E-state index in [0.29, 0.717) is 16.3 Å². The smallest absolute Gasteiger partial charge is 0.422 e. The summed E-state index contributed by atoms with van der Waals surface area (Å²) in [7, 11) is 0. The first kappa shape index (κ1) is 19.9. The number of hydrogen-bond donors (Lipinski definition) is 0. The summed E-state index contributed by atoms with van der Waals surface area (Å²) in [6, 6.07) is 5.77. The van der Waals surface area contributed by atoms with E-state index in [0.717, 1.165) is 6.07 Å². The Hall–Kier alpha value is -3.40. The molecule has 0 aliphatic heterocycles. The first-order chi connectivity index (χ1) is 14.2. The van der Waals surface area contributed by atoms with Crippen LogP contribution in [0.15, 0.2) is 52.2 Å². The first-order valence-electron chi connectivity index (χ1n) is 8.46. The molecule has 0 aliphatic carbocycles. The SMILES string of the molecule is O=C(OCC(F)(F)F)c1cc(Cl)cc2cc(Cn3cnc4ccncc4c3=O)oc12. The number of hydrogen-bond acceptors (Lipinski definition) is 6. The Labute approximate surface area is 170 Å². The van der Waals surface area contributed by atoms with Gasteiger partial charge >= 0.3 is 12.1 Å². The van der Waals surface area contributed by atoms with Crippen LogP contribution >= 0.6 is 11.6 Å².